The first kappa shape index (κ1) is 22.0. The summed E-state index contributed by atoms with van der Waals surface area (Å²) in [6, 6.07) is 1.30. The Kier molecular flexibility index (Phi) is 5.25. The summed E-state index contributed by atoms with van der Waals surface area (Å²) >= 11 is 0.170. The lowest BCUT2D eigenvalue weighted by Crippen LogP contribution is -2.57. The Balaban J connectivity index is 2.80. The number of thiophene rings is 1. The summed E-state index contributed by atoms with van der Waals surface area (Å²) in [5.41, 5.74) is -1.47. The quantitative estimate of drug-likeness (QED) is 0.439. The summed E-state index contributed by atoms with van der Waals surface area (Å²) in [7, 11) is 0.702. The van der Waals surface area contributed by atoms with Crippen LogP contribution in [0.15, 0.2) is 18.2 Å². The molecule has 3 nitrogen and oxygen atoms in total. The van der Waals surface area contributed by atoms with Crippen LogP contribution in [0.5, 0.6) is 5.75 Å². The van der Waals surface area contributed by atoms with Gasteiger partial charge < -0.3 is 9.47 Å². The monoisotopic (exact) mass is 444 g/mol. The van der Waals surface area contributed by atoms with Crippen molar-refractivity contribution in [3.8, 4) is 5.75 Å². The summed E-state index contributed by atoms with van der Waals surface area (Å²) in [6.45, 7) is 0. The second kappa shape index (κ2) is 6.67. The molecule has 156 valence electrons. The maximum Gasteiger partial charge on any atom is 0.470 e. The maximum absolute atomic E-state index is 13.9. The van der Waals surface area contributed by atoms with Gasteiger partial charge in [-0.1, -0.05) is 0 Å². The number of carbonyl (C=O) groups is 1. The van der Waals surface area contributed by atoms with Gasteiger partial charge in [0, 0.05) is 10.1 Å². The molecule has 1 heterocycles. The van der Waals surface area contributed by atoms with Crippen molar-refractivity contribution >= 4 is 27.4 Å². The number of carbonyl (C=O) groups excluding carboxylic acids is 1. The third-order valence-electron chi connectivity index (χ3n) is 3.31. The van der Waals surface area contributed by atoms with E-state index in [1.54, 1.807) is 0 Å². The molecular weight excluding hydrogens is 438 g/mol. The van der Waals surface area contributed by atoms with Crippen molar-refractivity contribution in [2.24, 2.45) is 0 Å². The number of alkyl halides is 10. The highest BCUT2D eigenvalue weighted by Crippen LogP contribution is 2.50. The van der Waals surface area contributed by atoms with Gasteiger partial charge in [-0.15, -0.1) is 11.3 Å². The van der Waals surface area contributed by atoms with E-state index in [0.29, 0.717) is 19.2 Å². The molecule has 2 aromatic rings. The highest BCUT2D eigenvalue weighted by molar-refractivity contribution is 7.21. The lowest BCUT2D eigenvalue weighted by atomic mass is 10.1. The van der Waals surface area contributed by atoms with Gasteiger partial charge in [-0.05, 0) is 18.2 Å². The van der Waals surface area contributed by atoms with E-state index >= 15 is 0 Å². The van der Waals surface area contributed by atoms with E-state index in [-0.39, 0.29) is 22.1 Å². The summed E-state index contributed by atoms with van der Waals surface area (Å²) in [4.78, 5) is 10.6. The fourth-order valence-electron chi connectivity index (χ4n) is 2.00. The van der Waals surface area contributed by atoms with E-state index in [4.69, 9.17) is 0 Å². The zero-order chi connectivity index (χ0) is 21.7. The predicted octanol–water partition coefficient (Wildman–Crippen LogP) is 5.88. The van der Waals surface area contributed by atoms with Crippen LogP contribution in [0.1, 0.15) is 15.2 Å². The molecule has 0 bridgehead atoms. The van der Waals surface area contributed by atoms with E-state index in [9.17, 15) is 48.7 Å². The van der Waals surface area contributed by atoms with Crippen LogP contribution in [-0.4, -0.2) is 31.3 Å². The molecule has 0 fully saturated rings. The molecule has 1 aromatic carbocycles. The summed E-state index contributed by atoms with van der Waals surface area (Å²) in [5.74, 6) is -9.49. The fraction of sp³-hybridized carbons (Fsp3) is 0.357. The van der Waals surface area contributed by atoms with Gasteiger partial charge in [0.2, 0.25) is 0 Å². The van der Waals surface area contributed by atoms with Gasteiger partial charge in [-0.2, -0.15) is 43.9 Å². The molecule has 0 N–H and O–H groups in total. The second-order valence-electron chi connectivity index (χ2n) is 5.15. The van der Waals surface area contributed by atoms with Crippen molar-refractivity contribution in [1.82, 2.24) is 0 Å². The Labute approximate surface area is 152 Å². The van der Waals surface area contributed by atoms with Gasteiger partial charge >= 0.3 is 30.4 Å². The molecule has 2 rings (SSSR count). The van der Waals surface area contributed by atoms with Crippen LogP contribution in [0.2, 0.25) is 0 Å². The van der Waals surface area contributed by atoms with Gasteiger partial charge in [0.1, 0.15) is 0 Å². The van der Waals surface area contributed by atoms with Crippen LogP contribution in [-0.2, 0) is 10.9 Å². The molecule has 0 atom stereocenters. The smallest absolute Gasteiger partial charge is 0.465 e. The van der Waals surface area contributed by atoms with E-state index < -0.39 is 51.9 Å². The topological polar surface area (TPSA) is 35.5 Å². The molecule has 0 spiro atoms. The zero-order valence-electron chi connectivity index (χ0n) is 13.1. The van der Waals surface area contributed by atoms with Gasteiger partial charge in [0.25, 0.3) is 0 Å². The van der Waals surface area contributed by atoms with Crippen molar-refractivity contribution in [2.75, 3.05) is 7.11 Å². The molecule has 0 unspecified atom stereocenters. The first-order chi connectivity index (χ1) is 12.5. The van der Waals surface area contributed by atoms with Crippen LogP contribution < -0.4 is 4.74 Å². The summed E-state index contributed by atoms with van der Waals surface area (Å²) in [5, 5.41) is -0.976. The lowest BCUT2D eigenvalue weighted by Gasteiger charge is -2.30. The number of hydrogen-bond donors (Lipinski definition) is 0. The van der Waals surface area contributed by atoms with E-state index in [0.717, 1.165) is 0 Å². The SMILES string of the molecule is COC(=O)c1sc2ccc(C(F)(F)F)cc2c1OC(F)(C(F)(F)F)C(F)(F)F. The molecule has 0 aliphatic rings. The zero-order valence-corrected chi connectivity index (χ0v) is 14.0. The van der Waals surface area contributed by atoms with Crippen LogP contribution in [0.4, 0.5) is 43.9 Å². The number of halogens is 10. The number of methoxy groups -OCH3 is 1. The number of fused-ring (bicyclic) bond motifs is 1. The summed E-state index contributed by atoms with van der Waals surface area (Å²) < 4.78 is 136. The molecule has 0 saturated heterocycles. The lowest BCUT2D eigenvalue weighted by molar-refractivity contribution is -0.405. The molecule has 0 aliphatic heterocycles. The average molecular weight is 444 g/mol. The van der Waals surface area contributed by atoms with Crippen LogP contribution in [0.3, 0.4) is 0 Å². The van der Waals surface area contributed by atoms with Crippen LogP contribution >= 0.6 is 11.3 Å². The normalized spacial score (nSPS) is 13.7. The van der Waals surface area contributed by atoms with Gasteiger partial charge in [0.05, 0.1) is 12.7 Å². The minimum atomic E-state index is -6.66. The Hall–Kier alpha value is -2.25. The Morgan fingerprint density at radius 3 is 1.89 bits per heavy atom. The Morgan fingerprint density at radius 1 is 0.929 bits per heavy atom. The molecule has 0 amide bonds. The number of hydrogen-bond acceptors (Lipinski definition) is 4. The Bertz CT molecular complexity index is 880. The number of benzene rings is 1. The van der Waals surface area contributed by atoms with Crippen LogP contribution in [0.25, 0.3) is 10.1 Å². The summed E-state index contributed by atoms with van der Waals surface area (Å²) in [6.07, 6.45) is -18.3. The first-order valence-electron chi connectivity index (χ1n) is 6.76. The highest BCUT2D eigenvalue weighted by atomic mass is 32.1. The second-order valence-corrected chi connectivity index (χ2v) is 6.21. The minimum Gasteiger partial charge on any atom is -0.465 e. The first-order valence-corrected chi connectivity index (χ1v) is 7.58. The third kappa shape index (κ3) is 3.69. The van der Waals surface area contributed by atoms with Gasteiger partial charge in [0.15, 0.2) is 10.6 Å². The number of esters is 1. The van der Waals surface area contributed by atoms with Gasteiger partial charge in [-0.3, -0.25) is 0 Å². The third-order valence-corrected chi connectivity index (χ3v) is 4.44. The van der Waals surface area contributed by atoms with Crippen molar-refractivity contribution < 1.29 is 58.2 Å². The molecule has 0 radical (unpaired) electrons. The molecule has 14 heteroatoms. The van der Waals surface area contributed by atoms with Crippen LogP contribution in [0, 0.1) is 0 Å². The largest absolute Gasteiger partial charge is 0.470 e. The fourth-order valence-corrected chi connectivity index (χ4v) is 3.03. The highest BCUT2D eigenvalue weighted by Gasteiger charge is 2.76. The van der Waals surface area contributed by atoms with E-state index in [2.05, 4.69) is 9.47 Å². The number of ether oxygens (including phenoxy) is 2. The van der Waals surface area contributed by atoms with Crippen molar-refractivity contribution in [1.29, 1.82) is 0 Å². The minimum absolute atomic E-state index is 0.140. The van der Waals surface area contributed by atoms with Crippen molar-refractivity contribution in [2.45, 2.75) is 24.4 Å². The molecular formula is C14H6F10O3S. The standard InChI is InChI=1S/C14H6F10O3S/c1-26-10(25)9-8(27-12(18,13(19,20)21)14(22,23)24)6-4-5(11(15,16)17)2-3-7(6)28-9/h2-4H,1H3. The van der Waals surface area contributed by atoms with Gasteiger partial charge in [-0.25, -0.2) is 4.79 Å². The Morgan fingerprint density at radius 2 is 1.46 bits per heavy atom. The van der Waals surface area contributed by atoms with Crippen molar-refractivity contribution in [3.05, 3.63) is 28.6 Å². The molecule has 28 heavy (non-hydrogen) atoms. The van der Waals surface area contributed by atoms with E-state index in [1.165, 1.54) is 0 Å². The molecule has 1 aromatic heterocycles. The number of rotatable bonds is 3. The maximum atomic E-state index is 13.9. The average Bonchev–Trinajstić information content (AvgIpc) is 2.89. The van der Waals surface area contributed by atoms with E-state index in [1.807, 2.05) is 0 Å². The van der Waals surface area contributed by atoms with Crippen molar-refractivity contribution in [3.63, 3.8) is 0 Å². The predicted molar refractivity (Wildman–Crippen MR) is 74.7 cm³/mol. The molecule has 0 aliphatic carbocycles. The molecule has 0 saturated carbocycles.